The molecule has 106 valence electrons. The number of nitrogens with zero attached hydrogens (tertiary/aromatic N) is 1. The molecule has 3 nitrogen and oxygen atoms in total. The van der Waals surface area contributed by atoms with Crippen LogP contribution in [0.15, 0.2) is 18.2 Å². The molecule has 1 aliphatic rings. The van der Waals surface area contributed by atoms with E-state index in [-0.39, 0.29) is 6.04 Å². The van der Waals surface area contributed by atoms with Crippen LogP contribution in [0.25, 0.3) is 0 Å². The number of nitrogens with two attached hydrogens (primary N) is 1. The van der Waals surface area contributed by atoms with Gasteiger partial charge < -0.3 is 10.5 Å². The molecule has 1 aromatic rings. The van der Waals surface area contributed by atoms with E-state index >= 15 is 0 Å². The average molecular weight is 283 g/mol. The van der Waals surface area contributed by atoms with Gasteiger partial charge in [-0.2, -0.15) is 0 Å². The van der Waals surface area contributed by atoms with Gasteiger partial charge in [-0.1, -0.05) is 31.5 Å². The highest BCUT2D eigenvalue weighted by Gasteiger charge is 2.31. The highest BCUT2D eigenvalue weighted by molar-refractivity contribution is 6.32. The van der Waals surface area contributed by atoms with Crippen molar-refractivity contribution in [3.05, 3.63) is 28.8 Å². The average Bonchev–Trinajstić information content (AvgIpc) is 2.70. The van der Waals surface area contributed by atoms with Gasteiger partial charge in [-0.15, -0.1) is 0 Å². The summed E-state index contributed by atoms with van der Waals surface area (Å²) in [5.41, 5.74) is 7.16. The Morgan fingerprint density at radius 1 is 1.37 bits per heavy atom. The van der Waals surface area contributed by atoms with Gasteiger partial charge in [-0.05, 0) is 29.5 Å². The van der Waals surface area contributed by atoms with Gasteiger partial charge in [0.2, 0.25) is 0 Å². The Morgan fingerprint density at radius 2 is 2.00 bits per heavy atom. The normalized spacial score (nSPS) is 25.5. The van der Waals surface area contributed by atoms with Gasteiger partial charge in [-0.25, -0.2) is 0 Å². The topological polar surface area (TPSA) is 38.5 Å². The number of benzene rings is 1. The molecule has 1 heterocycles. The van der Waals surface area contributed by atoms with Crippen molar-refractivity contribution in [2.24, 2.45) is 17.6 Å². The molecule has 0 amide bonds. The van der Waals surface area contributed by atoms with Crippen LogP contribution >= 0.6 is 11.6 Å². The van der Waals surface area contributed by atoms with E-state index in [1.807, 2.05) is 12.1 Å². The van der Waals surface area contributed by atoms with E-state index in [1.165, 1.54) is 5.56 Å². The van der Waals surface area contributed by atoms with Crippen LogP contribution in [0, 0.1) is 11.8 Å². The molecule has 0 saturated carbocycles. The Balaban J connectivity index is 2.20. The Morgan fingerprint density at radius 3 is 2.47 bits per heavy atom. The monoisotopic (exact) mass is 282 g/mol. The first kappa shape index (κ1) is 14.6. The number of methoxy groups -OCH3 is 1. The summed E-state index contributed by atoms with van der Waals surface area (Å²) in [7, 11) is 1.63. The highest BCUT2D eigenvalue weighted by Crippen LogP contribution is 2.33. The van der Waals surface area contributed by atoms with E-state index in [0.717, 1.165) is 24.9 Å². The SMILES string of the molecule is COc1ccc(C(CN)N2CC(C)C(C)C2)cc1Cl. The highest BCUT2D eigenvalue weighted by atomic mass is 35.5. The Labute approximate surface area is 120 Å². The minimum atomic E-state index is 0.246. The number of hydrogen-bond donors (Lipinski definition) is 1. The fourth-order valence-electron chi connectivity index (χ4n) is 2.81. The van der Waals surface area contributed by atoms with Crippen molar-refractivity contribution in [1.82, 2.24) is 4.90 Å². The van der Waals surface area contributed by atoms with Crippen molar-refractivity contribution >= 4 is 11.6 Å². The predicted octanol–water partition coefficient (Wildman–Crippen LogP) is 2.94. The molecule has 1 aromatic carbocycles. The Bertz CT molecular complexity index is 428. The van der Waals surface area contributed by atoms with Crippen molar-refractivity contribution in [1.29, 1.82) is 0 Å². The van der Waals surface area contributed by atoms with Gasteiger partial charge in [0.1, 0.15) is 5.75 Å². The molecule has 3 unspecified atom stereocenters. The molecular weight excluding hydrogens is 260 g/mol. The molecule has 2 N–H and O–H groups in total. The van der Waals surface area contributed by atoms with Gasteiger partial charge in [-0.3, -0.25) is 4.90 Å². The number of likely N-dealkylation sites (tertiary alicyclic amines) is 1. The summed E-state index contributed by atoms with van der Waals surface area (Å²) < 4.78 is 5.20. The molecule has 0 spiro atoms. The summed E-state index contributed by atoms with van der Waals surface area (Å²) in [6.45, 7) is 7.43. The quantitative estimate of drug-likeness (QED) is 0.923. The number of ether oxygens (including phenoxy) is 1. The van der Waals surface area contributed by atoms with Crippen molar-refractivity contribution in [3.8, 4) is 5.75 Å². The third kappa shape index (κ3) is 3.04. The lowest BCUT2D eigenvalue weighted by atomic mass is 10.0. The Kier molecular flexibility index (Phi) is 4.71. The van der Waals surface area contributed by atoms with E-state index in [0.29, 0.717) is 17.3 Å². The molecule has 2 rings (SSSR count). The fourth-order valence-corrected chi connectivity index (χ4v) is 3.08. The summed E-state index contributed by atoms with van der Waals surface area (Å²) in [6.07, 6.45) is 0. The molecule has 0 radical (unpaired) electrons. The standard InChI is InChI=1S/C15H23ClN2O/c1-10-8-18(9-11(10)2)14(7-17)12-4-5-15(19-3)13(16)6-12/h4-6,10-11,14H,7-9,17H2,1-3H3. The van der Waals surface area contributed by atoms with Gasteiger partial charge in [0.15, 0.2) is 0 Å². The predicted molar refractivity (Wildman–Crippen MR) is 79.7 cm³/mol. The van der Waals surface area contributed by atoms with Crippen molar-refractivity contribution in [3.63, 3.8) is 0 Å². The van der Waals surface area contributed by atoms with Crippen molar-refractivity contribution in [2.45, 2.75) is 19.9 Å². The van der Waals surface area contributed by atoms with Crippen LogP contribution in [0.4, 0.5) is 0 Å². The summed E-state index contributed by atoms with van der Waals surface area (Å²) in [6, 6.07) is 6.21. The van der Waals surface area contributed by atoms with E-state index in [4.69, 9.17) is 22.1 Å². The van der Waals surface area contributed by atoms with Gasteiger partial charge >= 0.3 is 0 Å². The van der Waals surface area contributed by atoms with Crippen LogP contribution in [-0.4, -0.2) is 31.6 Å². The molecule has 1 fully saturated rings. The fraction of sp³-hybridized carbons (Fsp3) is 0.600. The first-order valence-corrected chi connectivity index (χ1v) is 7.22. The van der Waals surface area contributed by atoms with Gasteiger partial charge in [0.25, 0.3) is 0 Å². The molecule has 0 bridgehead atoms. The summed E-state index contributed by atoms with van der Waals surface area (Å²) in [5.74, 6) is 2.16. The molecule has 3 atom stereocenters. The molecule has 1 saturated heterocycles. The van der Waals surface area contributed by atoms with Crippen LogP contribution in [0.3, 0.4) is 0 Å². The third-order valence-corrected chi connectivity index (χ3v) is 4.54. The maximum absolute atomic E-state index is 6.21. The molecule has 4 heteroatoms. The zero-order valence-electron chi connectivity index (χ0n) is 11.9. The zero-order valence-corrected chi connectivity index (χ0v) is 12.7. The summed E-state index contributed by atoms with van der Waals surface area (Å²) >= 11 is 6.21. The van der Waals surface area contributed by atoms with Crippen molar-refractivity contribution < 1.29 is 4.74 Å². The van der Waals surface area contributed by atoms with Crippen LogP contribution in [-0.2, 0) is 0 Å². The van der Waals surface area contributed by atoms with E-state index in [9.17, 15) is 0 Å². The number of hydrogen-bond acceptors (Lipinski definition) is 3. The molecule has 1 aliphatic heterocycles. The van der Waals surface area contributed by atoms with Crippen LogP contribution < -0.4 is 10.5 Å². The molecular formula is C15H23ClN2O. The number of rotatable bonds is 4. The third-order valence-electron chi connectivity index (χ3n) is 4.24. The second-order valence-electron chi connectivity index (χ2n) is 5.55. The second-order valence-corrected chi connectivity index (χ2v) is 5.96. The van der Waals surface area contributed by atoms with Gasteiger partial charge in [0, 0.05) is 25.7 Å². The maximum atomic E-state index is 6.21. The minimum Gasteiger partial charge on any atom is -0.495 e. The number of halogens is 1. The molecule has 0 aromatic heterocycles. The summed E-state index contributed by atoms with van der Waals surface area (Å²) in [5, 5.41) is 0.652. The van der Waals surface area contributed by atoms with E-state index < -0.39 is 0 Å². The second kappa shape index (κ2) is 6.12. The minimum absolute atomic E-state index is 0.246. The summed E-state index contributed by atoms with van der Waals surface area (Å²) in [4.78, 5) is 2.47. The molecule has 0 aliphatic carbocycles. The first-order valence-electron chi connectivity index (χ1n) is 6.84. The largest absolute Gasteiger partial charge is 0.495 e. The van der Waals surface area contributed by atoms with Crippen molar-refractivity contribution in [2.75, 3.05) is 26.7 Å². The lowest BCUT2D eigenvalue weighted by Crippen LogP contribution is -2.32. The zero-order chi connectivity index (χ0) is 14.0. The smallest absolute Gasteiger partial charge is 0.137 e. The Hall–Kier alpha value is -0.770. The van der Waals surface area contributed by atoms with E-state index in [2.05, 4.69) is 24.8 Å². The lowest BCUT2D eigenvalue weighted by molar-refractivity contribution is 0.240. The van der Waals surface area contributed by atoms with E-state index in [1.54, 1.807) is 7.11 Å². The lowest BCUT2D eigenvalue weighted by Gasteiger charge is -2.27. The molecule has 19 heavy (non-hydrogen) atoms. The van der Waals surface area contributed by atoms with Crippen LogP contribution in [0.1, 0.15) is 25.5 Å². The first-order chi connectivity index (χ1) is 9.06. The maximum Gasteiger partial charge on any atom is 0.137 e. The van der Waals surface area contributed by atoms with Gasteiger partial charge in [0.05, 0.1) is 12.1 Å². The van der Waals surface area contributed by atoms with Crippen LogP contribution in [0.5, 0.6) is 5.75 Å². The van der Waals surface area contributed by atoms with Crippen LogP contribution in [0.2, 0.25) is 5.02 Å².